The minimum absolute atomic E-state index is 0.144. The molecule has 6 N–H and O–H groups in total. The summed E-state index contributed by atoms with van der Waals surface area (Å²) in [6, 6.07) is -0.636. The summed E-state index contributed by atoms with van der Waals surface area (Å²) in [6.07, 6.45) is 43.5. The van der Waals surface area contributed by atoms with Crippen LogP contribution in [0, 0.1) is 6.92 Å². The fourth-order valence-corrected chi connectivity index (χ4v) is 12.7. The third-order valence-corrected chi connectivity index (χ3v) is 17.8. The number of carbonyl (C=O) groups is 2. The summed E-state index contributed by atoms with van der Waals surface area (Å²) in [5.41, 5.74) is 0. The lowest BCUT2D eigenvalue weighted by Crippen LogP contribution is -2.47. The number of hydrogen-bond donors (Lipinski definition) is 6. The van der Waals surface area contributed by atoms with Crippen LogP contribution in [-0.4, -0.2) is 139 Å². The van der Waals surface area contributed by atoms with Crippen molar-refractivity contribution in [3.05, 3.63) is 18.2 Å². The van der Waals surface area contributed by atoms with Crippen LogP contribution < -0.4 is 10.6 Å². The third kappa shape index (κ3) is 45.9. The van der Waals surface area contributed by atoms with E-state index in [9.17, 15) is 30.0 Å². The fraction of sp³-hybridized carbons (Fsp3) is 0.921. The van der Waals surface area contributed by atoms with E-state index in [0.717, 1.165) is 114 Å². The first-order valence-electron chi connectivity index (χ1n) is 32.5. The second kappa shape index (κ2) is 53.9. The molecule has 14 heteroatoms. The van der Waals surface area contributed by atoms with Gasteiger partial charge in [0.2, 0.25) is 11.8 Å². The van der Waals surface area contributed by atoms with Crippen LogP contribution in [0.25, 0.3) is 0 Å². The van der Waals surface area contributed by atoms with E-state index < -0.39 is 18.2 Å². The Morgan fingerprint density at radius 3 is 1.30 bits per heavy atom. The number of rotatable bonds is 59. The van der Waals surface area contributed by atoms with Crippen molar-refractivity contribution in [2.45, 2.75) is 316 Å². The molecule has 77 heavy (non-hydrogen) atoms. The van der Waals surface area contributed by atoms with Crippen molar-refractivity contribution in [2.75, 3.05) is 57.3 Å². The van der Waals surface area contributed by atoms with E-state index in [-0.39, 0.29) is 30.4 Å². The quantitative estimate of drug-likeness (QED) is 0.0272. The van der Waals surface area contributed by atoms with Gasteiger partial charge in [-0.1, -0.05) is 229 Å². The minimum atomic E-state index is -0.636. The second-order valence-corrected chi connectivity index (χ2v) is 25.7. The van der Waals surface area contributed by atoms with Crippen molar-refractivity contribution in [3.63, 3.8) is 0 Å². The highest BCUT2D eigenvalue weighted by molar-refractivity contribution is 8.76. The summed E-state index contributed by atoms with van der Waals surface area (Å²) in [7, 11) is 3.56. The standard InChI is InChI=1S/C63H124N6O6S2/c1-6-10-14-18-22-24-28-32-40-59(72)54-68(55-60(73)41-33-29-25-23-19-15-11-7-2)47-36-42-62(74)66-61(63(75)65-44-37-48-69-49-45-64-56(69)5)43-51-77-76-50-35-34-46-67(52-57(70)38-30-26-20-16-12-8-3)53-58(71)39-31-27-21-17-13-9-4/h45,49,57-61,70-73H,6-44,46-48,50-55H2,1-5H3,(H,65,75)(H,66,74). The summed E-state index contributed by atoms with van der Waals surface area (Å²) in [5.74, 6) is 2.33. The van der Waals surface area contributed by atoms with Crippen molar-refractivity contribution < 1.29 is 30.0 Å². The highest BCUT2D eigenvalue weighted by Gasteiger charge is 2.22. The van der Waals surface area contributed by atoms with Crippen LogP contribution in [0.1, 0.15) is 278 Å². The van der Waals surface area contributed by atoms with Crippen LogP contribution in [0.4, 0.5) is 0 Å². The van der Waals surface area contributed by atoms with E-state index in [1.165, 1.54) is 141 Å². The molecule has 0 spiro atoms. The summed E-state index contributed by atoms with van der Waals surface area (Å²) < 4.78 is 2.08. The minimum Gasteiger partial charge on any atom is -0.392 e. The number of carbonyl (C=O) groups excluding carboxylic acids is 2. The van der Waals surface area contributed by atoms with Crippen LogP contribution in [0.2, 0.25) is 0 Å². The van der Waals surface area contributed by atoms with Gasteiger partial charge in [-0.2, -0.15) is 0 Å². The van der Waals surface area contributed by atoms with E-state index in [1.54, 1.807) is 17.0 Å². The molecular formula is C63H124N6O6S2. The lowest BCUT2D eigenvalue weighted by molar-refractivity contribution is -0.129. The monoisotopic (exact) mass is 1120 g/mol. The molecule has 0 saturated carbocycles. The van der Waals surface area contributed by atoms with E-state index in [1.807, 2.05) is 23.9 Å². The Hall–Kier alpha value is -1.39. The lowest BCUT2D eigenvalue weighted by atomic mass is 10.0. The number of unbranched alkanes of at least 4 members (excludes halogenated alkanes) is 25. The summed E-state index contributed by atoms with van der Waals surface area (Å²) in [4.78, 5) is 36.1. The molecule has 0 aliphatic rings. The molecule has 0 fully saturated rings. The molecule has 1 aromatic rings. The van der Waals surface area contributed by atoms with Crippen molar-refractivity contribution in [3.8, 4) is 0 Å². The molecule has 0 aromatic carbocycles. The van der Waals surface area contributed by atoms with Gasteiger partial charge in [-0.25, -0.2) is 4.98 Å². The Morgan fingerprint density at radius 2 is 0.896 bits per heavy atom. The van der Waals surface area contributed by atoms with Gasteiger partial charge in [-0.05, 0) is 77.8 Å². The topological polar surface area (TPSA) is 163 Å². The summed E-state index contributed by atoms with van der Waals surface area (Å²) in [6.45, 7) is 15.9. The molecule has 0 saturated heterocycles. The number of hydrogen-bond acceptors (Lipinski definition) is 11. The average Bonchev–Trinajstić information content (AvgIpc) is 3.82. The Labute approximate surface area is 482 Å². The highest BCUT2D eigenvalue weighted by Crippen LogP contribution is 2.24. The summed E-state index contributed by atoms with van der Waals surface area (Å²) in [5, 5.41) is 50.5. The van der Waals surface area contributed by atoms with Crippen molar-refractivity contribution in [1.82, 2.24) is 30.0 Å². The third-order valence-electron chi connectivity index (χ3n) is 15.3. The molecule has 2 amide bonds. The van der Waals surface area contributed by atoms with Gasteiger partial charge >= 0.3 is 0 Å². The van der Waals surface area contributed by atoms with E-state index >= 15 is 0 Å². The van der Waals surface area contributed by atoms with Gasteiger partial charge in [0, 0.05) is 69.6 Å². The van der Waals surface area contributed by atoms with Crippen LogP contribution in [0.5, 0.6) is 0 Å². The average molecular weight is 1130 g/mol. The second-order valence-electron chi connectivity index (χ2n) is 23.0. The zero-order chi connectivity index (χ0) is 56.2. The fourth-order valence-electron chi connectivity index (χ4n) is 10.4. The Bertz CT molecular complexity index is 1390. The Kier molecular flexibility index (Phi) is 51.5. The van der Waals surface area contributed by atoms with Gasteiger partial charge in [0.25, 0.3) is 0 Å². The molecule has 1 heterocycles. The Balaban J connectivity index is 2.79. The van der Waals surface area contributed by atoms with Crippen molar-refractivity contribution in [2.24, 2.45) is 0 Å². The summed E-state index contributed by atoms with van der Waals surface area (Å²) >= 11 is 0. The number of aliphatic hydroxyl groups is 4. The van der Waals surface area contributed by atoms with E-state index in [2.05, 4.69) is 57.7 Å². The highest BCUT2D eigenvalue weighted by atomic mass is 33.1. The van der Waals surface area contributed by atoms with Gasteiger partial charge in [-0.15, -0.1) is 0 Å². The van der Waals surface area contributed by atoms with Gasteiger partial charge in [0.1, 0.15) is 11.9 Å². The van der Waals surface area contributed by atoms with Gasteiger partial charge in [-0.3, -0.25) is 19.4 Å². The maximum absolute atomic E-state index is 13.7. The largest absolute Gasteiger partial charge is 0.392 e. The number of aliphatic hydroxyl groups excluding tert-OH is 4. The number of imidazole rings is 1. The van der Waals surface area contributed by atoms with Gasteiger partial charge in [0.15, 0.2) is 0 Å². The maximum Gasteiger partial charge on any atom is 0.242 e. The number of aryl methyl sites for hydroxylation is 2. The zero-order valence-electron chi connectivity index (χ0n) is 50.7. The number of aromatic nitrogens is 2. The zero-order valence-corrected chi connectivity index (χ0v) is 52.3. The number of amides is 2. The smallest absolute Gasteiger partial charge is 0.242 e. The first kappa shape index (κ1) is 73.6. The SMILES string of the molecule is CCCCCCCCCCC(O)CN(CCCC(=O)NC(CCSSCCCCN(CC(O)CCCCCCCC)CC(O)CCCCCCCC)C(=O)NCCCn1ccnc1C)CC(O)CCCCCCCCCC. The van der Waals surface area contributed by atoms with Crippen LogP contribution in [0.3, 0.4) is 0 Å². The molecule has 0 bridgehead atoms. The normalized spacial score (nSPS) is 13.9. The first-order chi connectivity index (χ1) is 37.5. The molecule has 1 rings (SSSR count). The van der Waals surface area contributed by atoms with Crippen molar-refractivity contribution >= 4 is 33.4 Å². The van der Waals surface area contributed by atoms with Gasteiger partial charge in [0.05, 0.1) is 24.4 Å². The number of nitrogens with zero attached hydrogens (tertiary/aromatic N) is 4. The van der Waals surface area contributed by atoms with Crippen LogP contribution in [-0.2, 0) is 16.1 Å². The van der Waals surface area contributed by atoms with E-state index in [0.29, 0.717) is 52.1 Å². The molecule has 0 aliphatic heterocycles. The van der Waals surface area contributed by atoms with Crippen molar-refractivity contribution in [1.29, 1.82) is 0 Å². The van der Waals surface area contributed by atoms with Crippen LogP contribution in [0.15, 0.2) is 12.4 Å². The molecular weight excluding hydrogens is 1000 g/mol. The molecule has 0 radical (unpaired) electrons. The Morgan fingerprint density at radius 1 is 0.506 bits per heavy atom. The molecule has 454 valence electrons. The molecule has 0 aliphatic carbocycles. The predicted molar refractivity (Wildman–Crippen MR) is 332 cm³/mol. The maximum atomic E-state index is 13.7. The van der Waals surface area contributed by atoms with E-state index in [4.69, 9.17) is 0 Å². The molecule has 1 aromatic heterocycles. The molecule has 12 nitrogen and oxygen atoms in total. The predicted octanol–water partition coefficient (Wildman–Crippen LogP) is 14.1. The lowest BCUT2D eigenvalue weighted by Gasteiger charge is -2.27. The molecule has 5 unspecified atom stereocenters. The first-order valence-corrected chi connectivity index (χ1v) is 35.0. The van der Waals surface area contributed by atoms with Gasteiger partial charge < -0.3 is 35.6 Å². The molecule has 5 atom stereocenters. The van der Waals surface area contributed by atoms with Crippen LogP contribution >= 0.6 is 21.6 Å². The number of nitrogens with one attached hydrogen (secondary N) is 2.